The number of rotatable bonds is 8. The lowest BCUT2D eigenvalue weighted by Crippen LogP contribution is -2.47. The van der Waals surface area contributed by atoms with Gasteiger partial charge in [0.25, 0.3) is 5.91 Å². The lowest BCUT2D eigenvalue weighted by atomic mass is 9.89. The molecule has 4 rings (SSSR count). The second-order valence-corrected chi connectivity index (χ2v) is 10.6. The first-order valence-corrected chi connectivity index (χ1v) is 12.7. The van der Waals surface area contributed by atoms with Crippen molar-refractivity contribution in [1.29, 1.82) is 0 Å². The highest BCUT2D eigenvalue weighted by Gasteiger charge is 2.40. The van der Waals surface area contributed by atoms with Gasteiger partial charge in [0.05, 0.1) is 10.6 Å². The fourth-order valence-electron chi connectivity index (χ4n) is 5.92. The van der Waals surface area contributed by atoms with Crippen LogP contribution >= 0.6 is 11.3 Å². The third kappa shape index (κ3) is 4.05. The minimum absolute atomic E-state index is 0.244. The highest BCUT2D eigenvalue weighted by molar-refractivity contribution is 7.20. The molecular formula is C24H38N4OS. The minimum Gasteiger partial charge on any atom is -0.335 e. The molecule has 0 saturated carbocycles. The van der Waals surface area contributed by atoms with Crippen LogP contribution in [0.3, 0.4) is 0 Å². The van der Waals surface area contributed by atoms with Gasteiger partial charge in [-0.05, 0) is 64.5 Å². The third-order valence-electron chi connectivity index (χ3n) is 7.50. The molecule has 2 fully saturated rings. The molecule has 4 heterocycles. The van der Waals surface area contributed by atoms with Crippen molar-refractivity contribution in [2.24, 2.45) is 13.0 Å². The van der Waals surface area contributed by atoms with Gasteiger partial charge in [0.2, 0.25) is 0 Å². The van der Waals surface area contributed by atoms with Gasteiger partial charge in [-0.2, -0.15) is 5.10 Å². The number of hydrogen-bond acceptors (Lipinski definition) is 4. The molecule has 5 nitrogen and oxygen atoms in total. The average Bonchev–Trinajstić information content (AvgIpc) is 3.32. The summed E-state index contributed by atoms with van der Waals surface area (Å²) in [6.07, 6.45) is 9.62. The highest BCUT2D eigenvalue weighted by Crippen LogP contribution is 2.38. The summed E-state index contributed by atoms with van der Waals surface area (Å²) in [7, 11) is 4.27. The van der Waals surface area contributed by atoms with Gasteiger partial charge in [-0.3, -0.25) is 9.48 Å². The van der Waals surface area contributed by atoms with Gasteiger partial charge in [-0.1, -0.05) is 26.7 Å². The monoisotopic (exact) mass is 430 g/mol. The largest absolute Gasteiger partial charge is 0.335 e. The van der Waals surface area contributed by atoms with Crippen LogP contribution in [0.4, 0.5) is 0 Å². The first-order chi connectivity index (χ1) is 14.4. The van der Waals surface area contributed by atoms with Gasteiger partial charge in [-0.15, -0.1) is 11.3 Å². The summed E-state index contributed by atoms with van der Waals surface area (Å²) in [4.78, 5) is 20.7. The lowest BCUT2D eigenvalue weighted by Gasteiger charge is -2.40. The van der Waals surface area contributed by atoms with E-state index in [0.717, 1.165) is 65.1 Å². The van der Waals surface area contributed by atoms with E-state index in [0.29, 0.717) is 12.0 Å². The molecule has 2 aliphatic rings. The summed E-state index contributed by atoms with van der Waals surface area (Å²) < 4.78 is 1.92. The quantitative estimate of drug-likeness (QED) is 0.576. The Morgan fingerprint density at radius 1 is 1.20 bits per heavy atom. The van der Waals surface area contributed by atoms with Crippen LogP contribution in [0.15, 0.2) is 6.07 Å². The van der Waals surface area contributed by atoms with Gasteiger partial charge in [0.15, 0.2) is 0 Å². The Bertz CT molecular complexity index is 833. The molecule has 2 saturated heterocycles. The summed E-state index contributed by atoms with van der Waals surface area (Å²) in [5.74, 6) is 0.880. The van der Waals surface area contributed by atoms with Crippen molar-refractivity contribution in [3.05, 3.63) is 16.6 Å². The van der Waals surface area contributed by atoms with Crippen LogP contribution in [0, 0.1) is 12.8 Å². The fourth-order valence-corrected chi connectivity index (χ4v) is 7.00. The average molecular weight is 431 g/mol. The Balaban J connectivity index is 1.60. The van der Waals surface area contributed by atoms with E-state index in [2.05, 4.69) is 41.9 Å². The van der Waals surface area contributed by atoms with Crippen LogP contribution in [0.25, 0.3) is 10.2 Å². The Kier molecular flexibility index (Phi) is 6.54. The molecule has 0 N–H and O–H groups in total. The maximum absolute atomic E-state index is 13.8. The van der Waals surface area contributed by atoms with E-state index in [4.69, 9.17) is 0 Å². The predicted molar refractivity (Wildman–Crippen MR) is 125 cm³/mol. The molecule has 0 spiro atoms. The Hall–Kier alpha value is -1.40. The number of hydrogen-bond donors (Lipinski definition) is 0. The molecule has 2 aromatic rings. The lowest BCUT2D eigenvalue weighted by molar-refractivity contribution is 0.0523. The van der Waals surface area contributed by atoms with E-state index in [1.54, 1.807) is 11.3 Å². The third-order valence-corrected chi connectivity index (χ3v) is 8.69. The van der Waals surface area contributed by atoms with Crippen molar-refractivity contribution in [3.8, 4) is 0 Å². The van der Waals surface area contributed by atoms with Crippen LogP contribution in [-0.2, 0) is 7.05 Å². The van der Waals surface area contributed by atoms with Crippen LogP contribution in [0.2, 0.25) is 0 Å². The maximum atomic E-state index is 13.8. The second-order valence-electron chi connectivity index (χ2n) is 9.62. The smallest absolute Gasteiger partial charge is 0.264 e. The van der Waals surface area contributed by atoms with Gasteiger partial charge >= 0.3 is 0 Å². The number of thiophene rings is 1. The number of aryl methyl sites for hydroxylation is 2. The number of carbonyl (C=O) groups is 1. The Labute approximate surface area is 185 Å². The predicted octanol–water partition coefficient (Wildman–Crippen LogP) is 5.23. The molecule has 0 radical (unpaired) electrons. The van der Waals surface area contributed by atoms with E-state index in [9.17, 15) is 4.79 Å². The summed E-state index contributed by atoms with van der Waals surface area (Å²) >= 11 is 1.61. The summed E-state index contributed by atoms with van der Waals surface area (Å²) in [5.41, 5.74) is 1.01. The first-order valence-electron chi connectivity index (χ1n) is 11.9. The molecule has 2 atom stereocenters. The number of amides is 1. The maximum Gasteiger partial charge on any atom is 0.264 e. The molecule has 2 unspecified atom stereocenters. The van der Waals surface area contributed by atoms with Crippen LogP contribution < -0.4 is 0 Å². The van der Waals surface area contributed by atoms with E-state index in [-0.39, 0.29) is 5.91 Å². The Morgan fingerprint density at radius 3 is 2.40 bits per heavy atom. The standard InChI is InChI=1S/C24H38N4OS/c1-6-8-18(9-7-2)28(15-17-12-19-10-11-20(13-17)26(19)4)23(29)22-14-21-16(3)25-27(5)24(21)30-22/h14,17-20H,6-13,15H2,1-5H3. The van der Waals surface area contributed by atoms with E-state index < -0.39 is 0 Å². The zero-order valence-corrected chi connectivity index (χ0v) is 20.2. The van der Waals surface area contributed by atoms with Gasteiger partial charge < -0.3 is 9.80 Å². The molecule has 1 amide bonds. The Morgan fingerprint density at radius 2 is 1.83 bits per heavy atom. The number of fused-ring (bicyclic) bond motifs is 3. The van der Waals surface area contributed by atoms with Gasteiger partial charge in [0, 0.05) is 37.1 Å². The summed E-state index contributed by atoms with van der Waals surface area (Å²) in [6, 6.07) is 3.89. The van der Waals surface area contributed by atoms with Gasteiger partial charge in [0.1, 0.15) is 4.83 Å². The van der Waals surface area contributed by atoms with Gasteiger partial charge in [-0.25, -0.2) is 0 Å². The summed E-state index contributed by atoms with van der Waals surface area (Å²) in [5, 5.41) is 5.64. The van der Waals surface area contributed by atoms with Crippen molar-refractivity contribution < 1.29 is 4.79 Å². The molecule has 0 aliphatic carbocycles. The summed E-state index contributed by atoms with van der Waals surface area (Å²) in [6.45, 7) is 7.45. The molecule has 2 aromatic heterocycles. The van der Waals surface area contributed by atoms with Crippen LogP contribution in [0.1, 0.15) is 80.6 Å². The van der Waals surface area contributed by atoms with E-state index >= 15 is 0 Å². The number of piperidine rings is 1. The zero-order valence-electron chi connectivity index (χ0n) is 19.4. The van der Waals surface area contributed by atoms with Crippen LogP contribution in [0.5, 0.6) is 0 Å². The number of nitrogens with zero attached hydrogens (tertiary/aromatic N) is 4. The van der Waals surface area contributed by atoms with Crippen molar-refractivity contribution >= 4 is 27.5 Å². The molecule has 166 valence electrons. The highest BCUT2D eigenvalue weighted by atomic mass is 32.1. The van der Waals surface area contributed by atoms with Crippen molar-refractivity contribution in [1.82, 2.24) is 19.6 Å². The second kappa shape index (κ2) is 8.99. The normalized spacial score (nSPS) is 24.3. The van der Waals surface area contributed by atoms with Crippen LogP contribution in [-0.4, -0.2) is 57.2 Å². The minimum atomic E-state index is 0.244. The topological polar surface area (TPSA) is 41.4 Å². The first kappa shape index (κ1) is 21.8. The van der Waals surface area contributed by atoms with Crippen molar-refractivity contribution in [2.75, 3.05) is 13.6 Å². The fraction of sp³-hybridized carbons (Fsp3) is 0.750. The van der Waals surface area contributed by atoms with Crippen molar-refractivity contribution in [3.63, 3.8) is 0 Å². The molecule has 6 heteroatoms. The zero-order chi connectivity index (χ0) is 21.4. The van der Waals surface area contributed by atoms with E-state index in [1.165, 1.54) is 25.7 Å². The van der Waals surface area contributed by atoms with E-state index in [1.807, 2.05) is 18.7 Å². The SMILES string of the molecule is CCCC(CCC)N(CC1CC2CCC(C1)N2C)C(=O)c1cc2c(C)nn(C)c2s1. The van der Waals surface area contributed by atoms with Crippen molar-refractivity contribution in [2.45, 2.75) is 90.3 Å². The molecule has 0 aromatic carbocycles. The molecule has 2 bridgehead atoms. The number of carbonyl (C=O) groups excluding carboxylic acids is 1. The molecular weight excluding hydrogens is 392 g/mol. The molecule has 2 aliphatic heterocycles. The molecule has 30 heavy (non-hydrogen) atoms. The number of aromatic nitrogens is 2.